The summed E-state index contributed by atoms with van der Waals surface area (Å²) in [4.78, 5) is 6.87. The molecule has 6 rings (SSSR count). The molecule has 0 saturated carbocycles. The number of pyridine rings is 1. The first-order chi connectivity index (χ1) is 20.1. The summed E-state index contributed by atoms with van der Waals surface area (Å²) in [7, 11) is 3.32. The predicted molar refractivity (Wildman–Crippen MR) is 164 cm³/mol. The number of nitrogens with zero attached hydrogens (tertiary/aromatic N) is 3. The van der Waals surface area contributed by atoms with Gasteiger partial charge in [-0.15, -0.1) is 0 Å². The van der Waals surface area contributed by atoms with E-state index in [2.05, 4.69) is 46.0 Å². The fourth-order valence-electron chi connectivity index (χ4n) is 5.26. The SMILES string of the molecule is COc1ccc(Oc2ccc(N3C(=S)N[C@H](c4ccccn4)[C@H]3c3ccc(C)n3-c3ccc(OC)cc3)cc2)cc1. The number of rotatable bonds is 8. The Morgan fingerprint density at radius 1 is 0.707 bits per heavy atom. The van der Waals surface area contributed by atoms with Crippen LogP contribution < -0.4 is 24.4 Å². The number of ether oxygens (including phenoxy) is 3. The van der Waals surface area contributed by atoms with Crippen LogP contribution in [0.3, 0.4) is 0 Å². The highest BCUT2D eigenvalue weighted by molar-refractivity contribution is 7.80. The van der Waals surface area contributed by atoms with Crippen molar-refractivity contribution in [1.29, 1.82) is 0 Å². The second kappa shape index (κ2) is 11.3. The summed E-state index contributed by atoms with van der Waals surface area (Å²) in [6.45, 7) is 2.11. The molecule has 3 heterocycles. The molecule has 0 amide bonds. The summed E-state index contributed by atoms with van der Waals surface area (Å²) >= 11 is 5.96. The maximum atomic E-state index is 6.08. The third kappa shape index (κ3) is 5.21. The van der Waals surface area contributed by atoms with E-state index in [1.807, 2.05) is 85.1 Å². The number of aryl methyl sites for hydroxylation is 1. The highest BCUT2D eigenvalue weighted by Crippen LogP contribution is 2.43. The zero-order valence-corrected chi connectivity index (χ0v) is 23.8. The van der Waals surface area contributed by atoms with Gasteiger partial charge in [0, 0.05) is 29.0 Å². The van der Waals surface area contributed by atoms with Gasteiger partial charge < -0.3 is 29.0 Å². The Kier molecular flexibility index (Phi) is 7.31. The standard InChI is InChI=1S/C33H30N4O3S/c1-22-7-20-30(36(22)23-8-12-25(38-2)13-9-23)32-31(29-6-4-5-21-34-29)35-33(41)37(32)24-10-14-27(15-11-24)40-28-18-16-26(39-3)17-19-28/h4-21,31-32H,1-3H3,(H,35,41)/t31-,32-/m1/s1. The van der Waals surface area contributed by atoms with Gasteiger partial charge in [-0.05, 0) is 116 Å². The Hall–Kier alpha value is -4.82. The predicted octanol–water partition coefficient (Wildman–Crippen LogP) is 7.17. The van der Waals surface area contributed by atoms with Gasteiger partial charge in [0.1, 0.15) is 29.0 Å². The second-order valence-corrected chi connectivity index (χ2v) is 10.1. The zero-order valence-electron chi connectivity index (χ0n) is 23.0. The van der Waals surface area contributed by atoms with Gasteiger partial charge in [0.2, 0.25) is 0 Å². The first kappa shape index (κ1) is 26.4. The number of aromatic nitrogens is 2. The number of thiocarbonyl (C=S) groups is 1. The Bertz CT molecular complexity index is 1640. The van der Waals surface area contributed by atoms with Crippen molar-refractivity contribution in [3.05, 3.63) is 126 Å². The van der Waals surface area contributed by atoms with Crippen LogP contribution in [0.5, 0.6) is 23.0 Å². The van der Waals surface area contributed by atoms with Crippen LogP contribution in [0.15, 0.2) is 109 Å². The largest absolute Gasteiger partial charge is 0.497 e. The topological polar surface area (TPSA) is 60.8 Å². The third-order valence-corrected chi connectivity index (χ3v) is 7.56. The second-order valence-electron chi connectivity index (χ2n) is 9.70. The van der Waals surface area contributed by atoms with Crippen molar-refractivity contribution in [3.8, 4) is 28.7 Å². The molecule has 1 aliphatic rings. The first-order valence-corrected chi connectivity index (χ1v) is 13.7. The quantitative estimate of drug-likeness (QED) is 0.201. The van der Waals surface area contributed by atoms with Crippen LogP contribution in [0.2, 0.25) is 0 Å². The van der Waals surface area contributed by atoms with E-state index in [0.29, 0.717) is 5.11 Å². The minimum absolute atomic E-state index is 0.162. The molecule has 0 spiro atoms. The highest BCUT2D eigenvalue weighted by atomic mass is 32.1. The average Bonchev–Trinajstić information content (AvgIpc) is 3.57. The van der Waals surface area contributed by atoms with E-state index in [1.54, 1.807) is 14.2 Å². The molecular weight excluding hydrogens is 532 g/mol. The van der Waals surface area contributed by atoms with Crippen LogP contribution in [-0.2, 0) is 0 Å². The van der Waals surface area contributed by atoms with E-state index < -0.39 is 0 Å². The average molecular weight is 563 g/mol. The van der Waals surface area contributed by atoms with Crippen LogP contribution in [0.1, 0.15) is 29.2 Å². The van der Waals surface area contributed by atoms with Crippen LogP contribution in [0, 0.1) is 6.92 Å². The molecule has 0 unspecified atom stereocenters. The molecule has 2 aromatic heterocycles. The Labute approximate surface area is 244 Å². The van der Waals surface area contributed by atoms with Gasteiger partial charge in [0.15, 0.2) is 5.11 Å². The molecule has 41 heavy (non-hydrogen) atoms. The van der Waals surface area contributed by atoms with E-state index in [4.69, 9.17) is 31.4 Å². The fraction of sp³-hybridized carbons (Fsp3) is 0.152. The molecule has 3 aromatic carbocycles. The lowest BCUT2D eigenvalue weighted by Gasteiger charge is -2.29. The van der Waals surface area contributed by atoms with E-state index in [1.165, 1.54) is 0 Å². The van der Waals surface area contributed by atoms with Gasteiger partial charge in [-0.3, -0.25) is 4.98 Å². The van der Waals surface area contributed by atoms with Crippen LogP contribution in [0.4, 0.5) is 5.69 Å². The summed E-state index contributed by atoms with van der Waals surface area (Å²) in [6.07, 6.45) is 1.82. The summed E-state index contributed by atoms with van der Waals surface area (Å²) in [6, 6.07) is 33.6. The zero-order chi connectivity index (χ0) is 28.3. The Balaban J connectivity index is 1.38. The van der Waals surface area contributed by atoms with Crippen molar-refractivity contribution >= 4 is 23.0 Å². The maximum absolute atomic E-state index is 6.08. The van der Waals surface area contributed by atoms with Crippen LogP contribution in [0.25, 0.3) is 5.69 Å². The number of methoxy groups -OCH3 is 2. The minimum Gasteiger partial charge on any atom is -0.497 e. The summed E-state index contributed by atoms with van der Waals surface area (Å²) < 4.78 is 19.0. The molecule has 7 nitrogen and oxygen atoms in total. The van der Waals surface area contributed by atoms with Gasteiger partial charge in [-0.25, -0.2) is 0 Å². The number of nitrogens with one attached hydrogen (secondary N) is 1. The molecule has 0 bridgehead atoms. The molecule has 1 saturated heterocycles. The monoisotopic (exact) mass is 562 g/mol. The number of anilines is 1. The molecule has 0 radical (unpaired) electrons. The minimum atomic E-state index is -0.165. The molecule has 0 aliphatic carbocycles. The molecule has 1 fully saturated rings. The lowest BCUT2D eigenvalue weighted by molar-refractivity contribution is 0.413. The van der Waals surface area contributed by atoms with Gasteiger partial charge >= 0.3 is 0 Å². The first-order valence-electron chi connectivity index (χ1n) is 13.3. The number of benzene rings is 3. The van der Waals surface area contributed by atoms with Crippen molar-refractivity contribution in [2.24, 2.45) is 0 Å². The molecule has 206 valence electrons. The Morgan fingerprint density at radius 3 is 1.90 bits per heavy atom. The molecule has 2 atom stereocenters. The number of hydrogen-bond acceptors (Lipinski definition) is 5. The molecule has 5 aromatic rings. The molecule has 1 aliphatic heterocycles. The number of hydrogen-bond donors (Lipinski definition) is 1. The van der Waals surface area contributed by atoms with Crippen molar-refractivity contribution in [2.75, 3.05) is 19.1 Å². The summed E-state index contributed by atoms with van der Waals surface area (Å²) in [5, 5.41) is 4.19. The van der Waals surface area contributed by atoms with Crippen molar-refractivity contribution in [3.63, 3.8) is 0 Å². The molecule has 1 N–H and O–H groups in total. The smallest absolute Gasteiger partial charge is 0.174 e. The van der Waals surface area contributed by atoms with Gasteiger partial charge in [-0.2, -0.15) is 0 Å². The van der Waals surface area contributed by atoms with E-state index in [9.17, 15) is 0 Å². The molecule has 8 heteroatoms. The lowest BCUT2D eigenvalue weighted by atomic mass is 10.0. The van der Waals surface area contributed by atoms with Crippen molar-refractivity contribution < 1.29 is 14.2 Å². The molecular formula is C33H30N4O3S. The lowest BCUT2D eigenvalue weighted by Crippen LogP contribution is -2.30. The van der Waals surface area contributed by atoms with Gasteiger partial charge in [0.05, 0.1) is 26.0 Å². The summed E-state index contributed by atoms with van der Waals surface area (Å²) in [5.74, 6) is 3.06. The summed E-state index contributed by atoms with van der Waals surface area (Å²) in [5.41, 5.74) is 5.12. The normalized spacial score (nSPS) is 16.4. The van der Waals surface area contributed by atoms with Crippen LogP contribution in [-0.4, -0.2) is 28.9 Å². The Morgan fingerprint density at radius 2 is 1.29 bits per heavy atom. The van der Waals surface area contributed by atoms with E-state index in [-0.39, 0.29) is 12.1 Å². The van der Waals surface area contributed by atoms with Crippen molar-refractivity contribution in [2.45, 2.75) is 19.0 Å². The van der Waals surface area contributed by atoms with Crippen LogP contribution >= 0.6 is 12.2 Å². The fourth-order valence-corrected chi connectivity index (χ4v) is 5.61. The van der Waals surface area contributed by atoms with Crippen molar-refractivity contribution in [1.82, 2.24) is 14.9 Å². The third-order valence-electron chi connectivity index (χ3n) is 7.25. The van der Waals surface area contributed by atoms with Gasteiger partial charge in [0.25, 0.3) is 0 Å². The van der Waals surface area contributed by atoms with E-state index in [0.717, 1.165) is 51.5 Å². The highest BCUT2D eigenvalue weighted by Gasteiger charge is 2.42. The van der Waals surface area contributed by atoms with E-state index >= 15 is 0 Å². The maximum Gasteiger partial charge on any atom is 0.174 e. The van der Waals surface area contributed by atoms with Gasteiger partial charge in [-0.1, -0.05) is 6.07 Å².